The molecule has 2 aliphatic carbocycles. The Morgan fingerprint density at radius 3 is 1.23 bits per heavy atom. The van der Waals surface area contributed by atoms with Gasteiger partial charge in [-0.05, 0) is 110 Å². The summed E-state index contributed by atoms with van der Waals surface area (Å²) in [5, 5.41) is 0. The second kappa shape index (κ2) is 25.2. The summed E-state index contributed by atoms with van der Waals surface area (Å²) in [5.74, 6) is 9.99. The monoisotopic (exact) mass is 879 g/mol. The van der Waals surface area contributed by atoms with Crippen molar-refractivity contribution in [2.45, 2.75) is 83.3 Å². The van der Waals surface area contributed by atoms with Gasteiger partial charge < -0.3 is 25.0 Å². The molecule has 0 saturated heterocycles. The highest BCUT2D eigenvalue weighted by Gasteiger charge is 2.35. The zero-order valence-electron chi connectivity index (χ0n) is 37.9. The van der Waals surface area contributed by atoms with Crippen LogP contribution in [0.5, 0.6) is 0 Å². The Kier molecular flexibility index (Phi) is 19.6. The van der Waals surface area contributed by atoms with Crippen molar-refractivity contribution in [3.8, 4) is 23.7 Å². The molecule has 338 valence electrons. The molecule has 6 rings (SSSR count). The predicted octanol–water partition coefficient (Wildman–Crippen LogP) is 6.62. The molecule has 2 aliphatic rings. The summed E-state index contributed by atoms with van der Waals surface area (Å²) in [5.41, 5.74) is 11.0. The Balaban J connectivity index is 0.000000262. The van der Waals surface area contributed by atoms with Gasteiger partial charge in [0.2, 0.25) is 0 Å². The van der Waals surface area contributed by atoms with E-state index in [0.29, 0.717) is 28.3 Å². The maximum Gasteiger partial charge on any atom is 0.336 e. The van der Waals surface area contributed by atoms with Crippen LogP contribution in [0.2, 0.25) is 0 Å². The minimum Gasteiger partial charge on any atom is -0.467 e. The normalized spacial score (nSPS) is 13.1. The third-order valence-electron chi connectivity index (χ3n) is 10.7. The summed E-state index contributed by atoms with van der Waals surface area (Å²) in [6.45, 7) is 3.27. The number of nitrogens with zero attached hydrogens (tertiary/aromatic N) is 2. The number of hydrogen-bond donors (Lipinski definition) is 1. The number of rotatable bonds is 14. The molecule has 4 aromatic rings. The number of nitrogens with two attached hydrogens (primary N) is 1. The van der Waals surface area contributed by atoms with E-state index in [1.165, 1.54) is 66.0 Å². The van der Waals surface area contributed by atoms with Crippen molar-refractivity contribution in [3.63, 3.8) is 0 Å². The van der Waals surface area contributed by atoms with Crippen molar-refractivity contribution in [3.05, 3.63) is 142 Å². The smallest absolute Gasteiger partial charge is 0.336 e. The van der Waals surface area contributed by atoms with Gasteiger partial charge in [0.1, 0.15) is 6.29 Å². The van der Waals surface area contributed by atoms with Crippen LogP contribution in [-0.2, 0) is 35.1 Å². The van der Waals surface area contributed by atoms with E-state index in [2.05, 4.69) is 40.6 Å². The molecule has 12 nitrogen and oxygen atoms in total. The van der Waals surface area contributed by atoms with E-state index in [0.717, 1.165) is 45.1 Å². The van der Waals surface area contributed by atoms with E-state index < -0.39 is 41.6 Å². The number of likely N-dealkylation sites (N-methyl/N-ethyl adjacent to an activating group) is 2. The van der Waals surface area contributed by atoms with Crippen molar-refractivity contribution in [2.75, 3.05) is 28.3 Å². The van der Waals surface area contributed by atoms with Crippen LogP contribution >= 0.6 is 0 Å². The number of aldehydes is 1. The number of amides is 2. The lowest BCUT2D eigenvalue weighted by Gasteiger charge is -2.24. The fraction of sp³-hybridized carbons (Fsp3) is 0.340. The third-order valence-corrected chi connectivity index (χ3v) is 10.7. The molecule has 2 N–H and O–H groups in total. The number of ether oxygens (including phenoxy) is 2. The zero-order valence-corrected chi connectivity index (χ0v) is 37.9. The number of carbonyl (C=O) groups excluding carboxylic acids is 7. The van der Waals surface area contributed by atoms with Gasteiger partial charge in [-0.2, -0.15) is 0 Å². The molecule has 0 heterocycles. The molecule has 0 bridgehead atoms. The first-order valence-electron chi connectivity index (χ1n) is 21.6. The minimum absolute atomic E-state index is 0.111. The second-order valence-electron chi connectivity index (χ2n) is 15.7. The zero-order chi connectivity index (χ0) is 47.5. The van der Waals surface area contributed by atoms with E-state index in [4.69, 9.17) is 10.5 Å². The van der Waals surface area contributed by atoms with Gasteiger partial charge in [0.05, 0.1) is 14.2 Å². The number of carbonyl (C=O) groups is 7. The van der Waals surface area contributed by atoms with E-state index in [1.807, 2.05) is 12.1 Å². The average Bonchev–Trinajstić information content (AvgIpc) is 4.31. The molecule has 0 aromatic heterocycles. The maximum atomic E-state index is 12.8. The second-order valence-corrected chi connectivity index (χ2v) is 15.7. The lowest BCUT2D eigenvalue weighted by atomic mass is 10.0. The fourth-order valence-corrected chi connectivity index (χ4v) is 6.22. The van der Waals surface area contributed by atoms with Gasteiger partial charge in [0.15, 0.2) is 23.7 Å². The van der Waals surface area contributed by atoms with Crippen LogP contribution in [0.25, 0.3) is 0 Å². The van der Waals surface area contributed by atoms with Crippen molar-refractivity contribution in [1.29, 1.82) is 0 Å². The SMILES string of the molecule is CCC(=O)C(C(=O)OC)N(C)C(=O)c1ccc(C#Cc2ccc(C=O)cc2)cc1.CCC(=O)C(C(=O)OC)N(C)C(=O)c1ccc(C#Cc2ccc(CCC3CC3)cc2)cc1.NC1CC1. The molecule has 2 unspecified atom stereocenters. The molecular weight excluding hydrogens is 823 g/mol. The standard InChI is InChI=1S/C27H29NO4.C23H21NO5.C3H7N/c1-4-24(29)25(27(31)32-3)28(2)26(30)23-17-15-22(16-18-23)14-13-21-11-9-20(10-12-21)8-7-19-5-6-19;1-4-20(26)21(23(28)29-3)24(2)22(27)19-13-11-17(12-14-19)6-5-16-7-9-18(15-25)10-8-16;4-3-1-2-3/h9-12,15-19,25H,4-8H2,1-3H3;7-15,21H,4H2,1-3H3;3H,1-2,4H2. The summed E-state index contributed by atoms with van der Waals surface area (Å²) in [6, 6.07) is 26.6. The first-order valence-corrected chi connectivity index (χ1v) is 21.6. The van der Waals surface area contributed by atoms with Gasteiger partial charge >= 0.3 is 11.9 Å². The number of aryl methyl sites for hydroxylation is 1. The van der Waals surface area contributed by atoms with Gasteiger partial charge in [-0.25, -0.2) is 9.59 Å². The van der Waals surface area contributed by atoms with E-state index in [1.54, 1.807) is 86.6 Å². The molecule has 0 aliphatic heterocycles. The van der Waals surface area contributed by atoms with Crippen LogP contribution in [0.1, 0.15) is 118 Å². The molecule has 2 amide bonds. The molecule has 12 heteroatoms. The molecular formula is C53H57N3O9. The molecule has 0 spiro atoms. The van der Waals surface area contributed by atoms with E-state index >= 15 is 0 Å². The highest BCUT2D eigenvalue weighted by Crippen LogP contribution is 2.33. The number of methoxy groups -OCH3 is 2. The van der Waals surface area contributed by atoms with Crippen LogP contribution in [0.15, 0.2) is 97.1 Å². The fourth-order valence-electron chi connectivity index (χ4n) is 6.22. The lowest BCUT2D eigenvalue weighted by Crippen LogP contribution is -2.48. The Bertz CT molecular complexity index is 2380. The Morgan fingerprint density at radius 2 is 0.938 bits per heavy atom. The molecule has 2 fully saturated rings. The van der Waals surface area contributed by atoms with E-state index in [9.17, 15) is 33.6 Å². The summed E-state index contributed by atoms with van der Waals surface area (Å²) < 4.78 is 9.36. The van der Waals surface area contributed by atoms with Crippen molar-refractivity contribution in [1.82, 2.24) is 9.80 Å². The predicted molar refractivity (Wildman–Crippen MR) is 248 cm³/mol. The summed E-state index contributed by atoms with van der Waals surface area (Å²) >= 11 is 0. The molecule has 65 heavy (non-hydrogen) atoms. The Morgan fingerprint density at radius 1 is 0.600 bits per heavy atom. The quantitative estimate of drug-likeness (QED) is 0.0629. The number of Topliss-reactive ketones (excluding diaryl/α,β-unsaturated/α-hetero) is 2. The summed E-state index contributed by atoms with van der Waals surface area (Å²) in [7, 11) is 5.20. The maximum absolute atomic E-state index is 12.8. The van der Waals surface area contributed by atoms with Crippen LogP contribution in [0.4, 0.5) is 0 Å². The van der Waals surface area contributed by atoms with Gasteiger partial charge in [-0.3, -0.25) is 24.0 Å². The van der Waals surface area contributed by atoms with Crippen molar-refractivity contribution >= 4 is 41.6 Å². The van der Waals surface area contributed by atoms with Crippen LogP contribution in [0, 0.1) is 29.6 Å². The van der Waals surface area contributed by atoms with Gasteiger partial charge in [-0.15, -0.1) is 0 Å². The number of ketones is 2. The lowest BCUT2D eigenvalue weighted by molar-refractivity contribution is -0.150. The minimum atomic E-state index is -1.27. The first kappa shape index (κ1) is 50.5. The van der Waals surface area contributed by atoms with Gasteiger partial charge in [-0.1, -0.05) is 74.6 Å². The summed E-state index contributed by atoms with van der Waals surface area (Å²) in [4.78, 5) is 86.5. The number of benzene rings is 4. The van der Waals surface area contributed by atoms with Crippen molar-refractivity contribution < 1.29 is 43.0 Å². The Labute approximate surface area is 381 Å². The number of esters is 2. The van der Waals surface area contributed by atoms with Crippen molar-refractivity contribution in [2.24, 2.45) is 11.7 Å². The van der Waals surface area contributed by atoms with Gasteiger partial charge in [0.25, 0.3) is 11.8 Å². The highest BCUT2D eigenvalue weighted by molar-refractivity contribution is 6.09. The summed E-state index contributed by atoms with van der Waals surface area (Å²) in [6.07, 6.45) is 8.71. The van der Waals surface area contributed by atoms with Crippen LogP contribution < -0.4 is 5.73 Å². The van der Waals surface area contributed by atoms with Crippen LogP contribution in [-0.4, -0.2) is 97.8 Å². The average molecular weight is 880 g/mol. The molecule has 2 atom stereocenters. The Hall–Kier alpha value is -7.15. The third kappa shape index (κ3) is 15.9. The number of hydrogen-bond acceptors (Lipinski definition) is 10. The van der Waals surface area contributed by atoms with Gasteiger partial charge in [0, 0.05) is 71.9 Å². The molecule has 2 saturated carbocycles. The topological polar surface area (TPSA) is 170 Å². The molecule has 4 aromatic carbocycles. The largest absolute Gasteiger partial charge is 0.467 e. The highest BCUT2D eigenvalue weighted by atomic mass is 16.5. The van der Waals surface area contributed by atoms with E-state index in [-0.39, 0.29) is 18.6 Å². The molecule has 0 radical (unpaired) electrons. The first-order chi connectivity index (χ1) is 31.2. The van der Waals surface area contributed by atoms with Crippen LogP contribution in [0.3, 0.4) is 0 Å².